The van der Waals surface area contributed by atoms with E-state index in [-0.39, 0.29) is 28.2 Å². The van der Waals surface area contributed by atoms with Gasteiger partial charge in [0.25, 0.3) is 0 Å². The van der Waals surface area contributed by atoms with E-state index in [1.807, 2.05) is 64.1 Å². The molecule has 216 valence electrons. The van der Waals surface area contributed by atoms with Crippen LogP contribution in [0.1, 0.15) is 67.2 Å². The van der Waals surface area contributed by atoms with Gasteiger partial charge in [0.1, 0.15) is 17.2 Å². The van der Waals surface area contributed by atoms with E-state index in [0.717, 1.165) is 66.9 Å². The van der Waals surface area contributed by atoms with Crippen molar-refractivity contribution >= 4 is 29.4 Å². The summed E-state index contributed by atoms with van der Waals surface area (Å²) in [6.07, 6.45) is 1.98. The van der Waals surface area contributed by atoms with Gasteiger partial charge in [-0.05, 0) is 75.6 Å². The van der Waals surface area contributed by atoms with Crippen molar-refractivity contribution in [1.29, 1.82) is 0 Å². The standard InChI is InChI=1S/C33H38ClN3O4/c1-21-18-24(19-22(2)35-21)36-16-14-25(15-17-36)37(5,31(38)33(3,4)28-8-6-7-9-29(28)34)30-13-11-23-10-12-26(20-27(23)30)41-32(39)40/h6-10,12,18-20,25,30H,11,13-17H2,1-5H3/p+1. The monoisotopic (exact) mass is 576 g/mol. The number of benzene rings is 2. The molecule has 5 rings (SSSR count). The number of carbonyl (C=O) groups excluding carboxylic acids is 1. The number of piperidine rings is 1. The van der Waals surface area contributed by atoms with E-state index >= 15 is 4.79 Å². The summed E-state index contributed by atoms with van der Waals surface area (Å²) in [7, 11) is 2.09. The van der Waals surface area contributed by atoms with E-state index in [1.54, 1.807) is 6.07 Å². The number of nitrogens with zero attached hydrogens (tertiary/aromatic N) is 3. The summed E-state index contributed by atoms with van der Waals surface area (Å²) in [5.41, 5.74) is 5.28. The summed E-state index contributed by atoms with van der Waals surface area (Å²) in [4.78, 5) is 33.2. The molecule has 2 heterocycles. The number of aryl methyl sites for hydroxylation is 3. The minimum atomic E-state index is -1.35. The second-order valence-electron chi connectivity index (χ2n) is 12.2. The van der Waals surface area contributed by atoms with Crippen LogP contribution in [0.4, 0.5) is 10.5 Å². The highest BCUT2D eigenvalue weighted by molar-refractivity contribution is 6.31. The van der Waals surface area contributed by atoms with Gasteiger partial charge in [0.2, 0.25) is 0 Å². The Morgan fingerprint density at radius 2 is 1.68 bits per heavy atom. The minimum Gasteiger partial charge on any atom is -0.449 e. The molecule has 2 unspecified atom stereocenters. The zero-order valence-corrected chi connectivity index (χ0v) is 25.2. The first kappa shape index (κ1) is 29.1. The van der Waals surface area contributed by atoms with Gasteiger partial charge in [0, 0.05) is 60.0 Å². The number of amides is 1. The number of halogens is 1. The number of carbonyl (C=O) groups is 2. The number of ether oxygens (including phenoxy) is 1. The third-order valence-electron chi connectivity index (χ3n) is 9.19. The van der Waals surface area contributed by atoms with Crippen LogP contribution < -0.4 is 9.64 Å². The van der Waals surface area contributed by atoms with Crippen LogP contribution in [-0.2, 0) is 16.6 Å². The fourth-order valence-electron chi connectivity index (χ4n) is 7.18. The van der Waals surface area contributed by atoms with Crippen molar-refractivity contribution in [2.24, 2.45) is 0 Å². The second kappa shape index (κ2) is 11.1. The molecule has 1 saturated heterocycles. The summed E-state index contributed by atoms with van der Waals surface area (Å²) < 4.78 is 5.26. The van der Waals surface area contributed by atoms with Crippen LogP contribution in [0.5, 0.6) is 5.75 Å². The van der Waals surface area contributed by atoms with E-state index < -0.39 is 11.6 Å². The molecule has 0 saturated carbocycles. The Labute approximate surface area is 247 Å². The number of hydrogen-bond acceptors (Lipinski definition) is 5. The number of rotatable bonds is 6. The molecule has 2 aliphatic rings. The Morgan fingerprint density at radius 3 is 2.32 bits per heavy atom. The third kappa shape index (κ3) is 5.45. The Kier molecular flexibility index (Phi) is 7.88. The van der Waals surface area contributed by atoms with Gasteiger partial charge in [-0.1, -0.05) is 35.9 Å². The summed E-state index contributed by atoms with van der Waals surface area (Å²) in [5.74, 6) is 0.396. The molecule has 8 heteroatoms. The molecular formula is C33H39ClN3O4+. The van der Waals surface area contributed by atoms with Gasteiger partial charge < -0.3 is 14.7 Å². The summed E-state index contributed by atoms with van der Waals surface area (Å²) in [6, 6.07) is 17.3. The molecule has 1 aromatic heterocycles. The Balaban J connectivity index is 1.54. The minimum absolute atomic E-state index is 0.0737. The largest absolute Gasteiger partial charge is 0.511 e. The number of carboxylic acid groups (broad SMARTS) is 1. The molecule has 41 heavy (non-hydrogen) atoms. The van der Waals surface area contributed by atoms with Crippen LogP contribution in [0.15, 0.2) is 54.6 Å². The summed E-state index contributed by atoms with van der Waals surface area (Å²) in [5, 5.41) is 9.83. The van der Waals surface area contributed by atoms with E-state index in [2.05, 4.69) is 29.1 Å². The zero-order chi connectivity index (χ0) is 29.5. The summed E-state index contributed by atoms with van der Waals surface area (Å²) in [6.45, 7) is 9.67. The SMILES string of the molecule is Cc1cc(N2CCC([N+](C)(C(=O)C(C)(C)c3ccccc3Cl)C3CCc4ccc(OC(=O)O)cc43)CC2)cc(C)n1. The van der Waals surface area contributed by atoms with E-state index in [0.29, 0.717) is 5.02 Å². The second-order valence-corrected chi connectivity index (χ2v) is 12.6. The van der Waals surface area contributed by atoms with Gasteiger partial charge >= 0.3 is 12.1 Å². The lowest BCUT2D eigenvalue weighted by Gasteiger charge is -2.50. The van der Waals surface area contributed by atoms with E-state index in [1.165, 1.54) is 5.69 Å². The average Bonchev–Trinajstić information content (AvgIpc) is 3.35. The number of quaternary nitrogens is 1. The van der Waals surface area contributed by atoms with Crippen molar-refractivity contribution in [3.8, 4) is 5.75 Å². The number of anilines is 1. The Hall–Kier alpha value is -3.42. The first-order valence-electron chi connectivity index (χ1n) is 14.3. The lowest BCUT2D eigenvalue weighted by Crippen LogP contribution is -2.64. The number of pyridine rings is 1. The van der Waals surface area contributed by atoms with Gasteiger partial charge in [-0.15, -0.1) is 0 Å². The third-order valence-corrected chi connectivity index (χ3v) is 9.52. The molecule has 0 spiro atoms. The zero-order valence-electron chi connectivity index (χ0n) is 24.5. The van der Waals surface area contributed by atoms with Crippen molar-refractivity contribution in [1.82, 2.24) is 4.98 Å². The van der Waals surface area contributed by atoms with Gasteiger partial charge in [-0.2, -0.15) is 0 Å². The molecule has 0 radical (unpaired) electrons. The fourth-order valence-corrected chi connectivity index (χ4v) is 7.55. The fraction of sp³-hybridized carbons (Fsp3) is 0.424. The van der Waals surface area contributed by atoms with Gasteiger partial charge in [0.05, 0.1) is 13.1 Å². The number of aromatic nitrogens is 1. The maximum atomic E-state index is 15.0. The van der Waals surface area contributed by atoms with E-state index in [9.17, 15) is 9.90 Å². The highest BCUT2D eigenvalue weighted by atomic mass is 35.5. The molecule has 2 aromatic carbocycles. The maximum absolute atomic E-state index is 15.0. The maximum Gasteiger partial charge on any atom is 0.511 e. The molecule has 3 aromatic rings. The van der Waals surface area contributed by atoms with Crippen molar-refractivity contribution in [3.63, 3.8) is 0 Å². The van der Waals surface area contributed by atoms with Gasteiger partial charge in [-0.3, -0.25) is 9.47 Å². The Bertz CT molecular complexity index is 1460. The van der Waals surface area contributed by atoms with Crippen molar-refractivity contribution < 1.29 is 23.9 Å². The van der Waals surface area contributed by atoms with Crippen LogP contribution >= 0.6 is 11.6 Å². The van der Waals surface area contributed by atoms with Crippen LogP contribution in [0.25, 0.3) is 0 Å². The van der Waals surface area contributed by atoms with Crippen LogP contribution in [0.2, 0.25) is 5.02 Å². The van der Waals surface area contributed by atoms with Gasteiger partial charge in [-0.25, -0.2) is 9.59 Å². The molecule has 2 atom stereocenters. The quantitative estimate of drug-likeness (QED) is 0.193. The summed E-state index contributed by atoms with van der Waals surface area (Å²) >= 11 is 6.67. The van der Waals surface area contributed by atoms with Gasteiger partial charge in [0.15, 0.2) is 0 Å². The normalized spacial score (nSPS) is 19.0. The molecule has 0 bridgehead atoms. The molecule has 1 amide bonds. The highest BCUT2D eigenvalue weighted by Crippen LogP contribution is 2.47. The molecule has 1 N–H and O–H groups in total. The van der Waals surface area contributed by atoms with Crippen LogP contribution in [0, 0.1) is 13.8 Å². The lowest BCUT2D eigenvalue weighted by molar-refractivity contribution is -0.893. The first-order valence-corrected chi connectivity index (χ1v) is 14.7. The van der Waals surface area contributed by atoms with Crippen LogP contribution in [-0.4, -0.2) is 52.8 Å². The predicted octanol–water partition coefficient (Wildman–Crippen LogP) is 7.02. The molecule has 7 nitrogen and oxygen atoms in total. The highest BCUT2D eigenvalue weighted by Gasteiger charge is 2.55. The predicted molar refractivity (Wildman–Crippen MR) is 161 cm³/mol. The molecule has 1 aliphatic heterocycles. The topological polar surface area (TPSA) is 79.7 Å². The Morgan fingerprint density at radius 1 is 1.02 bits per heavy atom. The first-order chi connectivity index (χ1) is 19.4. The van der Waals surface area contributed by atoms with Crippen molar-refractivity contribution in [2.75, 3.05) is 25.0 Å². The lowest BCUT2D eigenvalue weighted by atomic mass is 9.80. The smallest absolute Gasteiger partial charge is 0.449 e. The van der Waals surface area contributed by atoms with Crippen molar-refractivity contribution in [2.45, 2.75) is 70.9 Å². The average molecular weight is 577 g/mol. The molecule has 1 fully saturated rings. The molecular weight excluding hydrogens is 538 g/mol. The number of fused-ring (bicyclic) bond motifs is 1. The molecule has 1 aliphatic carbocycles. The number of likely N-dealkylation sites (N-methyl/N-ethyl adjacent to an activating group) is 1. The van der Waals surface area contributed by atoms with E-state index in [4.69, 9.17) is 16.3 Å². The van der Waals surface area contributed by atoms with Crippen LogP contribution in [0.3, 0.4) is 0 Å². The van der Waals surface area contributed by atoms with Crippen molar-refractivity contribution in [3.05, 3.63) is 87.7 Å². The number of hydrogen-bond donors (Lipinski definition) is 1.